The first kappa shape index (κ1) is 74.2. The van der Waals surface area contributed by atoms with Crippen LogP contribution in [-0.2, 0) is 78.1 Å². The molecule has 104 heavy (non-hydrogen) atoms. The van der Waals surface area contributed by atoms with Gasteiger partial charge < -0.3 is 70.3 Å². The lowest BCUT2D eigenvalue weighted by atomic mass is 10.2. The molecule has 45 nitrogen and oxygen atoms in total. The Bertz CT molecular complexity index is 5110. The van der Waals surface area contributed by atoms with Crippen LogP contribution in [0.25, 0.3) is 22.3 Å². The molecule has 1 aromatic carbocycles. The summed E-state index contributed by atoms with van der Waals surface area (Å²) < 4.78 is 140. The van der Waals surface area contributed by atoms with Crippen LogP contribution in [0.15, 0.2) is 103 Å². The van der Waals surface area contributed by atoms with Gasteiger partial charge in [-0.05, 0) is 32.0 Å². The number of nitrogens with one attached hydrogen (secondary N) is 3. The quantitative estimate of drug-likeness (QED) is 0.0272. The molecule has 5 saturated heterocycles. The number of H-pyrrole nitrogens is 3. The highest BCUT2D eigenvalue weighted by molar-refractivity contribution is 7.62. The molecule has 8 aromatic rings. The first-order valence-corrected chi connectivity index (χ1v) is 37.6. The topological polar surface area (TPSA) is 619 Å². The number of aliphatic hydroxyl groups is 2. The Balaban J connectivity index is 0.725. The molecule has 5 aliphatic heterocycles. The van der Waals surface area contributed by atoms with Crippen LogP contribution in [-0.4, -0.2) is 187 Å². The van der Waals surface area contributed by atoms with Gasteiger partial charge in [-0.15, -0.1) is 0 Å². The summed E-state index contributed by atoms with van der Waals surface area (Å²) in [6.07, 6.45) is -15.5. The summed E-state index contributed by atoms with van der Waals surface area (Å²) in [5.41, 5.74) is 13.2. The Hall–Kier alpha value is -8.04. The van der Waals surface area contributed by atoms with Crippen LogP contribution in [0, 0.1) is 13.8 Å². The number of aliphatic hydroxyl groups excluding tert-OH is 2. The van der Waals surface area contributed by atoms with E-state index in [2.05, 4.69) is 44.9 Å². The fourth-order valence-corrected chi connectivity index (χ4v) is 17.0. The molecule has 14 N–H and O–H groups in total. The molecule has 0 aliphatic carbocycles. The van der Waals surface area contributed by atoms with Crippen molar-refractivity contribution in [3.8, 4) is 0 Å². The molecule has 7 aromatic heterocycles. The van der Waals surface area contributed by atoms with Gasteiger partial charge in [0.05, 0.1) is 57.1 Å². The Morgan fingerprint density at radius 1 is 0.519 bits per heavy atom. The van der Waals surface area contributed by atoms with E-state index in [1.165, 1.54) is 78.2 Å². The second-order valence-corrected chi connectivity index (χ2v) is 30.6. The lowest BCUT2D eigenvalue weighted by molar-refractivity contribution is -0.0627. The average Bonchev–Trinajstić information content (AvgIpc) is 1.63. The number of hydrogen-bond donors (Lipinski definition) is 11. The number of benzene rings is 1. The van der Waals surface area contributed by atoms with Crippen molar-refractivity contribution in [3.05, 3.63) is 148 Å². The first-order chi connectivity index (χ1) is 49.4. The van der Waals surface area contributed by atoms with E-state index in [1.807, 2.05) is 0 Å². The number of nitrogen functional groups attached to an aromatic ring is 3. The smallest absolute Gasteiger partial charge is 0.394 e. The number of aromatic amines is 3. The van der Waals surface area contributed by atoms with E-state index in [0.29, 0.717) is 0 Å². The number of hydrogen-bond acceptors (Lipinski definition) is 34. The van der Waals surface area contributed by atoms with Crippen molar-refractivity contribution in [1.29, 1.82) is 0 Å². The molecule has 560 valence electrons. The molecule has 19 atom stereocenters. The summed E-state index contributed by atoms with van der Waals surface area (Å²) in [5, 5.41) is 21.3. The Morgan fingerprint density at radius 2 is 0.981 bits per heavy atom. The largest absolute Gasteiger partial charge is 0.472 e. The van der Waals surface area contributed by atoms with Gasteiger partial charge in [-0.3, -0.25) is 88.4 Å². The van der Waals surface area contributed by atoms with Crippen LogP contribution in [0.2, 0.25) is 0 Å². The Morgan fingerprint density at radius 3 is 1.52 bits per heavy atom. The number of aromatic nitrogens is 14. The molecule has 5 aliphatic rings. The molecule has 49 heteroatoms. The van der Waals surface area contributed by atoms with Crippen LogP contribution in [0.5, 0.6) is 0 Å². The number of aryl methyl sites for hydroxylation is 2. The predicted octanol–water partition coefficient (Wildman–Crippen LogP) is -1.10. The molecule has 0 radical (unpaired) electrons. The average molecular weight is 1540 g/mol. The molecule has 0 amide bonds. The predicted molar refractivity (Wildman–Crippen MR) is 350 cm³/mol. The monoisotopic (exact) mass is 1540 g/mol. The SMILES string of the molecule is Cc1cn([C@H]2C[C@H](OP(=O)(OC[C@H]3O[C@@H](n4ccc(N)nc4=O)C[C@@H]3OP(=O)(O)OC[C@H]3O[C@@H](n4cnc5c(=O)[nH]c(N)nc54)C[C@@H]3OP(=O)(O)OC[C@H]3O[C@@H](n4cnc5c(N)ncnc54)C[C@@H]3OP(=O)(O)OC[C@H]3O[C@@H](n4cc(C)c(=O)[nH]c4=O)C[C@@H]3O)c3ccccc3)[C@@H](CO)O2)c(=O)[nH]c1=O. The van der Waals surface area contributed by atoms with E-state index in [1.54, 1.807) is 6.07 Å². The van der Waals surface area contributed by atoms with Gasteiger partial charge in [0.15, 0.2) is 22.6 Å². The van der Waals surface area contributed by atoms with Crippen molar-refractivity contribution in [2.24, 2.45) is 0 Å². The zero-order valence-electron chi connectivity index (χ0n) is 54.2. The number of anilines is 3. The van der Waals surface area contributed by atoms with Gasteiger partial charge in [0.1, 0.15) is 104 Å². The molecule has 4 unspecified atom stereocenters. The Labute approximate surface area is 581 Å². The normalized spacial score (nSPS) is 28.8. The summed E-state index contributed by atoms with van der Waals surface area (Å²) in [6.45, 7) is -1.43. The number of imidazole rings is 2. The maximum atomic E-state index is 15.3. The molecule has 5 fully saturated rings. The number of fused-ring (bicyclic) bond motifs is 2. The molecular formula is C55H67N17O28P4. The van der Waals surface area contributed by atoms with Gasteiger partial charge >= 0.3 is 48.1 Å². The van der Waals surface area contributed by atoms with Crippen LogP contribution in [0.3, 0.4) is 0 Å². The number of ether oxygens (including phenoxy) is 5. The highest BCUT2D eigenvalue weighted by atomic mass is 31.2. The number of phosphoric ester groups is 3. The van der Waals surface area contributed by atoms with E-state index in [0.717, 1.165) is 26.4 Å². The van der Waals surface area contributed by atoms with Crippen molar-refractivity contribution in [2.75, 3.05) is 50.2 Å². The maximum absolute atomic E-state index is 15.3. The van der Waals surface area contributed by atoms with E-state index in [4.69, 9.17) is 77.1 Å². The minimum Gasteiger partial charge on any atom is -0.394 e. The molecule has 12 heterocycles. The van der Waals surface area contributed by atoms with E-state index in [9.17, 15) is 67.4 Å². The standard InChI is InChI=1S/C55H67N17O28P4/c1-25-15-69(54(79)66-49(25)75)39-10-28(74)34(93-39)18-89-102(82,83)99-31-13-42(71-23-61-44-46(57)59-22-60-47(44)71)95-36(31)20-90-104(86,87)100-32-14-43(72-24-62-45-48(72)64-52(58)65-51(45)77)96-37(32)21-91-103(84,85)98-30-12-40(68-9-8-38(56)63-53(68)78)94-35(30)19-88-101(81,27-6-4-3-5-7-27)97-29-11-41(92-33(29)17-73)70-16-26(2)50(76)67-55(70)80/h3-9,15-16,22-24,28-37,39-43,73-74H,10-14,17-21H2,1-2H3,(H,82,83)(H,84,85)(H,86,87)(H2,56,63,78)(H2,57,59,60)(H,66,75,79)(H,67,76,80)(H3,58,64,65,77)/t28-,29-,30-,31-,32-,33+,34+,35+,36+,37+,39+,40+,41+,42+,43+,101?/m0/s1. The van der Waals surface area contributed by atoms with Gasteiger partial charge in [0.2, 0.25) is 5.95 Å². The van der Waals surface area contributed by atoms with Gasteiger partial charge in [-0.1, -0.05) is 18.2 Å². The summed E-state index contributed by atoms with van der Waals surface area (Å²) in [4.78, 5) is 141. The maximum Gasteiger partial charge on any atom is 0.472 e. The minimum atomic E-state index is -5.51. The van der Waals surface area contributed by atoms with Gasteiger partial charge in [0, 0.05) is 61.8 Å². The lowest BCUT2D eigenvalue weighted by Crippen LogP contribution is -2.33. The zero-order chi connectivity index (χ0) is 73.9. The third kappa shape index (κ3) is 16.0. The second-order valence-electron chi connectivity index (χ2n) is 24.4. The van der Waals surface area contributed by atoms with Crippen LogP contribution in [0.1, 0.15) is 74.4 Å². The van der Waals surface area contributed by atoms with E-state index < -0.39 is 203 Å². The van der Waals surface area contributed by atoms with Gasteiger partial charge in [-0.25, -0.2) is 48.0 Å². The van der Waals surface area contributed by atoms with E-state index >= 15 is 4.57 Å². The van der Waals surface area contributed by atoms with Crippen molar-refractivity contribution in [2.45, 2.75) is 138 Å². The fraction of sp³-hybridized carbons (Fsp3) is 0.491. The summed E-state index contributed by atoms with van der Waals surface area (Å²) in [7, 11) is -20.9. The molecular weight excluding hydrogens is 1470 g/mol. The van der Waals surface area contributed by atoms with Crippen LogP contribution in [0.4, 0.5) is 17.6 Å². The summed E-state index contributed by atoms with van der Waals surface area (Å²) in [5.74, 6) is -0.544. The molecule has 0 saturated carbocycles. The van der Waals surface area contributed by atoms with Crippen LogP contribution >= 0.6 is 31.1 Å². The van der Waals surface area contributed by atoms with Gasteiger partial charge in [-0.2, -0.15) is 9.97 Å². The lowest BCUT2D eigenvalue weighted by Gasteiger charge is -2.27. The van der Waals surface area contributed by atoms with Crippen molar-refractivity contribution >= 4 is 76.3 Å². The number of rotatable bonds is 27. The summed E-state index contributed by atoms with van der Waals surface area (Å²) >= 11 is 0. The summed E-state index contributed by atoms with van der Waals surface area (Å²) in [6, 6.07) is 8.69. The highest BCUT2D eigenvalue weighted by Gasteiger charge is 2.50. The molecule has 0 bridgehead atoms. The van der Waals surface area contributed by atoms with Crippen molar-refractivity contribution < 1.29 is 103 Å². The zero-order valence-corrected chi connectivity index (χ0v) is 57.8. The van der Waals surface area contributed by atoms with Crippen LogP contribution < -0.4 is 56.3 Å². The fourth-order valence-electron chi connectivity index (χ4n) is 12.3. The number of phosphoric acid groups is 3. The Kier molecular flexibility index (Phi) is 21.2. The van der Waals surface area contributed by atoms with Gasteiger partial charge in [0.25, 0.3) is 16.7 Å². The minimum absolute atomic E-state index is 0.0240. The second kappa shape index (κ2) is 29.7. The first-order valence-electron chi connectivity index (χ1n) is 31.6. The number of nitrogens with zero attached hydrogens (tertiary/aromatic N) is 11. The molecule has 0 spiro atoms. The molecule has 13 rings (SSSR count). The third-order valence-corrected chi connectivity index (χ3v) is 22.4. The third-order valence-electron chi connectivity index (χ3n) is 17.4. The van der Waals surface area contributed by atoms with Crippen molar-refractivity contribution in [1.82, 2.24) is 67.7 Å². The highest BCUT2D eigenvalue weighted by Crippen LogP contribution is 2.56. The van der Waals surface area contributed by atoms with Crippen molar-refractivity contribution in [3.63, 3.8) is 0 Å². The number of nitrogens with two attached hydrogens (primary N) is 3. The van der Waals surface area contributed by atoms with E-state index in [-0.39, 0.29) is 75.6 Å².